The van der Waals surface area contributed by atoms with Crippen molar-refractivity contribution >= 4 is 22.5 Å². The minimum absolute atomic E-state index is 0.0892. The molecule has 0 bridgehead atoms. The molecule has 24 heavy (non-hydrogen) atoms. The molecule has 0 aliphatic heterocycles. The number of aromatic hydroxyl groups is 1. The third-order valence-electron chi connectivity index (χ3n) is 3.89. The van der Waals surface area contributed by atoms with Gasteiger partial charge in [0.2, 0.25) is 0 Å². The summed E-state index contributed by atoms with van der Waals surface area (Å²) in [5.41, 5.74) is 1.97. The van der Waals surface area contributed by atoms with E-state index in [1.807, 2.05) is 44.1 Å². The van der Waals surface area contributed by atoms with E-state index in [0.717, 1.165) is 10.9 Å². The molecule has 5 heteroatoms. The van der Waals surface area contributed by atoms with E-state index < -0.39 is 0 Å². The first-order valence-electron chi connectivity index (χ1n) is 7.82. The Morgan fingerprint density at radius 3 is 2.54 bits per heavy atom. The molecule has 0 aliphatic rings. The topological polar surface area (TPSA) is 66.3 Å². The van der Waals surface area contributed by atoms with Crippen LogP contribution < -0.4 is 4.90 Å². The van der Waals surface area contributed by atoms with Gasteiger partial charge in [-0.25, -0.2) is 9.97 Å². The van der Waals surface area contributed by atoms with E-state index in [1.165, 1.54) is 0 Å². The van der Waals surface area contributed by atoms with Crippen molar-refractivity contribution < 1.29 is 9.90 Å². The van der Waals surface area contributed by atoms with Crippen LogP contribution in [0.3, 0.4) is 0 Å². The average Bonchev–Trinajstić information content (AvgIpc) is 2.59. The van der Waals surface area contributed by atoms with Crippen molar-refractivity contribution in [3.8, 4) is 17.1 Å². The molecule has 0 fully saturated rings. The zero-order valence-corrected chi connectivity index (χ0v) is 13.9. The van der Waals surface area contributed by atoms with Gasteiger partial charge in [-0.2, -0.15) is 0 Å². The third-order valence-corrected chi connectivity index (χ3v) is 3.89. The monoisotopic (exact) mass is 321 g/mol. The SMILES string of the molecule is CCC(=O)c1ccc2nc(-c3ccccc3O)nc(N(C)C)c2c1. The number of phenolic OH excluding ortho intramolecular Hbond substituents is 1. The molecule has 0 saturated carbocycles. The summed E-state index contributed by atoms with van der Waals surface area (Å²) in [5.74, 6) is 1.40. The molecule has 0 radical (unpaired) electrons. The zero-order chi connectivity index (χ0) is 17.3. The van der Waals surface area contributed by atoms with Gasteiger partial charge in [0.1, 0.15) is 11.6 Å². The quantitative estimate of drug-likeness (QED) is 0.743. The second-order valence-electron chi connectivity index (χ2n) is 5.79. The standard InChI is InChI=1S/C19H19N3O2/c1-4-16(23)12-9-10-15-14(11-12)19(22(2)3)21-18(20-15)13-7-5-6-8-17(13)24/h5-11,24H,4H2,1-3H3. The molecule has 5 nitrogen and oxygen atoms in total. The summed E-state index contributed by atoms with van der Waals surface area (Å²) in [6, 6.07) is 12.4. The summed E-state index contributed by atoms with van der Waals surface area (Å²) in [7, 11) is 3.79. The van der Waals surface area contributed by atoms with E-state index >= 15 is 0 Å². The van der Waals surface area contributed by atoms with Crippen LogP contribution in [0, 0.1) is 0 Å². The Morgan fingerprint density at radius 2 is 1.88 bits per heavy atom. The number of nitrogens with zero attached hydrogens (tertiary/aromatic N) is 3. The molecular weight excluding hydrogens is 302 g/mol. The Morgan fingerprint density at radius 1 is 1.12 bits per heavy atom. The highest BCUT2D eigenvalue weighted by molar-refractivity contribution is 6.01. The average molecular weight is 321 g/mol. The number of anilines is 1. The van der Waals surface area contributed by atoms with Gasteiger partial charge in [-0.15, -0.1) is 0 Å². The first kappa shape index (κ1) is 15.9. The maximum atomic E-state index is 12.0. The minimum Gasteiger partial charge on any atom is -0.507 e. The van der Waals surface area contributed by atoms with Crippen LogP contribution in [0.4, 0.5) is 5.82 Å². The van der Waals surface area contributed by atoms with Crippen LogP contribution in [-0.2, 0) is 0 Å². The second kappa shape index (κ2) is 6.28. The van der Waals surface area contributed by atoms with Crippen LogP contribution in [0.15, 0.2) is 42.5 Å². The molecule has 1 heterocycles. The van der Waals surface area contributed by atoms with Crippen LogP contribution in [-0.4, -0.2) is 35.0 Å². The van der Waals surface area contributed by atoms with Crippen molar-refractivity contribution in [3.05, 3.63) is 48.0 Å². The normalized spacial score (nSPS) is 10.8. The van der Waals surface area contributed by atoms with Crippen molar-refractivity contribution in [1.82, 2.24) is 9.97 Å². The Hall–Kier alpha value is -2.95. The lowest BCUT2D eigenvalue weighted by molar-refractivity contribution is 0.0988. The zero-order valence-electron chi connectivity index (χ0n) is 13.9. The van der Waals surface area contributed by atoms with E-state index in [2.05, 4.69) is 9.97 Å². The molecule has 3 rings (SSSR count). The summed E-state index contributed by atoms with van der Waals surface area (Å²) in [4.78, 5) is 23.0. The minimum atomic E-state index is 0.0892. The van der Waals surface area contributed by atoms with Crippen LogP contribution in [0.25, 0.3) is 22.3 Å². The molecule has 2 aromatic carbocycles. The van der Waals surface area contributed by atoms with Crippen LogP contribution in [0.2, 0.25) is 0 Å². The van der Waals surface area contributed by atoms with Crippen LogP contribution in [0.1, 0.15) is 23.7 Å². The van der Waals surface area contributed by atoms with E-state index in [1.54, 1.807) is 24.3 Å². The first-order chi connectivity index (χ1) is 11.5. The van der Waals surface area contributed by atoms with Gasteiger partial charge in [0, 0.05) is 31.5 Å². The Bertz CT molecular complexity index is 920. The molecule has 0 saturated heterocycles. The number of carbonyl (C=O) groups is 1. The summed E-state index contributed by atoms with van der Waals surface area (Å²) in [5, 5.41) is 10.9. The predicted octanol–water partition coefficient (Wildman–Crippen LogP) is 3.66. The number of carbonyl (C=O) groups excluding carboxylic acids is 1. The Kier molecular flexibility index (Phi) is 4.16. The van der Waals surface area contributed by atoms with Crippen molar-refractivity contribution in [2.24, 2.45) is 0 Å². The number of phenols is 1. The number of aromatic nitrogens is 2. The number of benzene rings is 2. The highest BCUT2D eigenvalue weighted by atomic mass is 16.3. The summed E-state index contributed by atoms with van der Waals surface area (Å²) in [6.07, 6.45) is 0.458. The van der Waals surface area contributed by atoms with Crippen molar-refractivity contribution in [2.45, 2.75) is 13.3 Å². The molecule has 0 spiro atoms. The smallest absolute Gasteiger partial charge is 0.165 e. The molecule has 0 unspecified atom stereocenters. The fourth-order valence-corrected chi connectivity index (χ4v) is 2.61. The molecule has 0 aliphatic carbocycles. The van der Waals surface area contributed by atoms with E-state index in [0.29, 0.717) is 29.2 Å². The van der Waals surface area contributed by atoms with E-state index in [9.17, 15) is 9.90 Å². The van der Waals surface area contributed by atoms with Gasteiger partial charge < -0.3 is 10.0 Å². The first-order valence-corrected chi connectivity index (χ1v) is 7.82. The molecule has 1 aromatic heterocycles. The Balaban J connectivity index is 2.26. The predicted molar refractivity (Wildman–Crippen MR) is 95.6 cm³/mol. The largest absolute Gasteiger partial charge is 0.507 e. The summed E-state index contributed by atoms with van der Waals surface area (Å²) in [6.45, 7) is 1.84. The van der Waals surface area contributed by atoms with Gasteiger partial charge in [0.15, 0.2) is 11.6 Å². The van der Waals surface area contributed by atoms with Crippen molar-refractivity contribution in [1.29, 1.82) is 0 Å². The summed E-state index contributed by atoms with van der Waals surface area (Å²) < 4.78 is 0. The number of Topliss-reactive ketones (excluding diaryl/α,β-unsaturated/α-hetero) is 1. The van der Waals surface area contributed by atoms with E-state index in [4.69, 9.17) is 0 Å². The number of hydrogen-bond donors (Lipinski definition) is 1. The van der Waals surface area contributed by atoms with Crippen molar-refractivity contribution in [2.75, 3.05) is 19.0 Å². The van der Waals surface area contributed by atoms with E-state index in [-0.39, 0.29) is 11.5 Å². The lowest BCUT2D eigenvalue weighted by atomic mass is 10.1. The molecule has 122 valence electrons. The number of fused-ring (bicyclic) bond motifs is 1. The fraction of sp³-hybridized carbons (Fsp3) is 0.211. The molecule has 1 N–H and O–H groups in total. The van der Waals surface area contributed by atoms with Gasteiger partial charge in [0.25, 0.3) is 0 Å². The number of hydrogen-bond acceptors (Lipinski definition) is 5. The second-order valence-corrected chi connectivity index (χ2v) is 5.79. The van der Waals surface area contributed by atoms with Gasteiger partial charge >= 0.3 is 0 Å². The Labute approximate surface area is 140 Å². The number of rotatable bonds is 4. The maximum absolute atomic E-state index is 12.0. The fourth-order valence-electron chi connectivity index (χ4n) is 2.61. The third kappa shape index (κ3) is 2.80. The molecule has 0 amide bonds. The molecular formula is C19H19N3O2. The highest BCUT2D eigenvalue weighted by Gasteiger charge is 2.15. The van der Waals surface area contributed by atoms with Crippen molar-refractivity contribution in [3.63, 3.8) is 0 Å². The maximum Gasteiger partial charge on any atom is 0.165 e. The number of ketones is 1. The molecule has 3 aromatic rings. The lowest BCUT2D eigenvalue weighted by Gasteiger charge is -2.16. The highest BCUT2D eigenvalue weighted by Crippen LogP contribution is 2.31. The van der Waals surface area contributed by atoms with Gasteiger partial charge in [0.05, 0.1) is 11.1 Å². The van der Waals surface area contributed by atoms with Gasteiger partial charge in [-0.3, -0.25) is 4.79 Å². The number of para-hydroxylation sites is 1. The van der Waals surface area contributed by atoms with Gasteiger partial charge in [-0.1, -0.05) is 19.1 Å². The van der Waals surface area contributed by atoms with Gasteiger partial charge in [-0.05, 0) is 30.3 Å². The summed E-state index contributed by atoms with van der Waals surface area (Å²) >= 11 is 0. The van der Waals surface area contributed by atoms with Crippen LogP contribution in [0.5, 0.6) is 5.75 Å². The lowest BCUT2D eigenvalue weighted by Crippen LogP contribution is -2.12. The molecule has 0 atom stereocenters. The van der Waals surface area contributed by atoms with Crippen LogP contribution >= 0.6 is 0 Å².